The summed E-state index contributed by atoms with van der Waals surface area (Å²) in [6, 6.07) is 3.99. The van der Waals surface area contributed by atoms with Gasteiger partial charge < -0.3 is 10.1 Å². The molecule has 0 saturated heterocycles. The summed E-state index contributed by atoms with van der Waals surface area (Å²) in [5, 5.41) is 3.91. The Labute approximate surface area is 103 Å². The second-order valence-corrected chi connectivity index (χ2v) is 4.85. The van der Waals surface area contributed by atoms with E-state index in [1.165, 1.54) is 0 Å². The van der Waals surface area contributed by atoms with Crippen LogP contribution in [0.15, 0.2) is 12.1 Å². The van der Waals surface area contributed by atoms with Crippen LogP contribution in [0.4, 0.5) is 0 Å². The molecule has 0 aliphatic rings. The normalized spacial score (nSPS) is 10.9. The van der Waals surface area contributed by atoms with Gasteiger partial charge in [-0.3, -0.25) is 0 Å². The second kappa shape index (κ2) is 6.12. The highest BCUT2D eigenvalue weighted by Crippen LogP contribution is 2.27. The van der Waals surface area contributed by atoms with Crippen LogP contribution in [0.1, 0.15) is 25.0 Å². The number of hydrogen-bond acceptors (Lipinski definition) is 2. The van der Waals surface area contributed by atoms with Gasteiger partial charge >= 0.3 is 0 Å². The standard InChI is InChI=1S/C13H20ClNO/c1-9(2)8-16-13-5-10(3)12(14)6-11(13)7-15-4/h5-6,9,15H,7-8H2,1-4H3. The van der Waals surface area contributed by atoms with Crippen molar-refractivity contribution in [3.8, 4) is 5.75 Å². The summed E-state index contributed by atoms with van der Waals surface area (Å²) in [4.78, 5) is 0. The minimum atomic E-state index is 0.526. The molecule has 0 heterocycles. The molecule has 0 amide bonds. The summed E-state index contributed by atoms with van der Waals surface area (Å²) in [7, 11) is 1.92. The lowest BCUT2D eigenvalue weighted by Crippen LogP contribution is -2.10. The minimum absolute atomic E-state index is 0.526. The van der Waals surface area contributed by atoms with Crippen molar-refractivity contribution in [3.63, 3.8) is 0 Å². The zero-order valence-electron chi connectivity index (χ0n) is 10.4. The van der Waals surface area contributed by atoms with Crippen LogP contribution in [0.25, 0.3) is 0 Å². The Morgan fingerprint density at radius 1 is 1.38 bits per heavy atom. The molecule has 0 radical (unpaired) electrons. The van der Waals surface area contributed by atoms with Gasteiger partial charge in [0.05, 0.1) is 6.61 Å². The van der Waals surface area contributed by atoms with E-state index < -0.39 is 0 Å². The van der Waals surface area contributed by atoms with Gasteiger partial charge in [-0.25, -0.2) is 0 Å². The molecule has 2 nitrogen and oxygen atoms in total. The molecule has 0 aliphatic heterocycles. The van der Waals surface area contributed by atoms with Crippen molar-refractivity contribution in [1.29, 1.82) is 0 Å². The largest absolute Gasteiger partial charge is 0.493 e. The molecular formula is C13H20ClNO. The van der Waals surface area contributed by atoms with Crippen LogP contribution < -0.4 is 10.1 Å². The highest BCUT2D eigenvalue weighted by atomic mass is 35.5. The molecule has 0 saturated carbocycles. The summed E-state index contributed by atoms with van der Waals surface area (Å²) in [6.07, 6.45) is 0. The third-order valence-corrected chi connectivity index (χ3v) is 2.69. The van der Waals surface area contributed by atoms with Gasteiger partial charge in [-0.15, -0.1) is 0 Å². The van der Waals surface area contributed by atoms with Crippen molar-refractivity contribution >= 4 is 11.6 Å². The highest BCUT2D eigenvalue weighted by molar-refractivity contribution is 6.31. The molecule has 0 aromatic heterocycles. The van der Waals surface area contributed by atoms with Crippen LogP contribution >= 0.6 is 11.6 Å². The molecule has 1 N–H and O–H groups in total. The Balaban J connectivity index is 2.90. The van der Waals surface area contributed by atoms with Gasteiger partial charge in [0.25, 0.3) is 0 Å². The van der Waals surface area contributed by atoms with Gasteiger partial charge in [-0.1, -0.05) is 25.4 Å². The van der Waals surface area contributed by atoms with Gasteiger partial charge in [0.15, 0.2) is 0 Å². The summed E-state index contributed by atoms with van der Waals surface area (Å²) < 4.78 is 5.79. The SMILES string of the molecule is CNCc1cc(Cl)c(C)cc1OCC(C)C. The number of benzene rings is 1. The van der Waals surface area contributed by atoms with Crippen molar-refractivity contribution in [1.82, 2.24) is 5.32 Å². The van der Waals surface area contributed by atoms with E-state index >= 15 is 0 Å². The van der Waals surface area contributed by atoms with E-state index in [1.54, 1.807) is 0 Å². The molecular weight excluding hydrogens is 222 g/mol. The molecule has 0 aliphatic carbocycles. The van der Waals surface area contributed by atoms with E-state index in [0.717, 1.165) is 35.1 Å². The second-order valence-electron chi connectivity index (χ2n) is 4.44. The molecule has 1 aromatic rings. The van der Waals surface area contributed by atoms with E-state index in [2.05, 4.69) is 19.2 Å². The van der Waals surface area contributed by atoms with E-state index in [0.29, 0.717) is 5.92 Å². The fraction of sp³-hybridized carbons (Fsp3) is 0.538. The Morgan fingerprint density at radius 3 is 2.62 bits per heavy atom. The predicted octanol–water partition coefficient (Wildman–Crippen LogP) is 3.40. The number of rotatable bonds is 5. The molecule has 16 heavy (non-hydrogen) atoms. The molecule has 0 spiro atoms. The average molecular weight is 242 g/mol. The van der Waals surface area contributed by atoms with Gasteiger partial charge in [-0.05, 0) is 37.6 Å². The van der Waals surface area contributed by atoms with Crippen molar-refractivity contribution in [2.75, 3.05) is 13.7 Å². The zero-order chi connectivity index (χ0) is 12.1. The lowest BCUT2D eigenvalue weighted by Gasteiger charge is -2.14. The van der Waals surface area contributed by atoms with Gasteiger partial charge in [-0.2, -0.15) is 0 Å². The third-order valence-electron chi connectivity index (χ3n) is 2.28. The van der Waals surface area contributed by atoms with E-state index in [9.17, 15) is 0 Å². The molecule has 0 bridgehead atoms. The van der Waals surface area contributed by atoms with Crippen LogP contribution in [0.3, 0.4) is 0 Å². The Bertz CT molecular complexity index is 350. The first-order chi connectivity index (χ1) is 7.54. The van der Waals surface area contributed by atoms with E-state index in [4.69, 9.17) is 16.3 Å². The first-order valence-electron chi connectivity index (χ1n) is 5.61. The lowest BCUT2D eigenvalue weighted by atomic mass is 10.1. The average Bonchev–Trinajstić information content (AvgIpc) is 2.21. The van der Waals surface area contributed by atoms with Crippen LogP contribution in [0.5, 0.6) is 5.75 Å². The number of ether oxygens (including phenoxy) is 1. The molecule has 0 atom stereocenters. The van der Waals surface area contributed by atoms with Crippen molar-refractivity contribution in [2.24, 2.45) is 5.92 Å². The van der Waals surface area contributed by atoms with E-state index in [1.807, 2.05) is 26.1 Å². The zero-order valence-corrected chi connectivity index (χ0v) is 11.2. The monoisotopic (exact) mass is 241 g/mol. The number of halogens is 1. The summed E-state index contributed by atoms with van der Waals surface area (Å²) in [6.45, 7) is 7.78. The molecule has 0 fully saturated rings. The lowest BCUT2D eigenvalue weighted by molar-refractivity contribution is 0.268. The summed E-state index contributed by atoms with van der Waals surface area (Å²) >= 11 is 6.10. The molecule has 1 aromatic carbocycles. The fourth-order valence-electron chi connectivity index (χ4n) is 1.42. The van der Waals surface area contributed by atoms with Crippen molar-refractivity contribution in [2.45, 2.75) is 27.3 Å². The summed E-state index contributed by atoms with van der Waals surface area (Å²) in [5.41, 5.74) is 2.17. The Morgan fingerprint density at radius 2 is 2.06 bits per heavy atom. The van der Waals surface area contributed by atoms with Crippen LogP contribution in [0, 0.1) is 12.8 Å². The maximum atomic E-state index is 6.10. The van der Waals surface area contributed by atoms with E-state index in [-0.39, 0.29) is 0 Å². The molecule has 1 rings (SSSR count). The van der Waals surface area contributed by atoms with Crippen LogP contribution in [-0.4, -0.2) is 13.7 Å². The van der Waals surface area contributed by atoms with Gasteiger partial charge in [0, 0.05) is 17.1 Å². The first-order valence-corrected chi connectivity index (χ1v) is 5.98. The van der Waals surface area contributed by atoms with Crippen LogP contribution in [-0.2, 0) is 6.54 Å². The van der Waals surface area contributed by atoms with Gasteiger partial charge in [0.2, 0.25) is 0 Å². The minimum Gasteiger partial charge on any atom is -0.493 e. The smallest absolute Gasteiger partial charge is 0.124 e. The van der Waals surface area contributed by atoms with Crippen LogP contribution in [0.2, 0.25) is 5.02 Å². The van der Waals surface area contributed by atoms with Crippen molar-refractivity contribution in [3.05, 3.63) is 28.3 Å². The molecule has 90 valence electrons. The maximum absolute atomic E-state index is 6.10. The van der Waals surface area contributed by atoms with Gasteiger partial charge in [0.1, 0.15) is 5.75 Å². The Kier molecular flexibility index (Phi) is 5.10. The third kappa shape index (κ3) is 3.69. The predicted molar refractivity (Wildman–Crippen MR) is 69.3 cm³/mol. The number of hydrogen-bond donors (Lipinski definition) is 1. The summed E-state index contributed by atoms with van der Waals surface area (Å²) in [5.74, 6) is 1.46. The quantitative estimate of drug-likeness (QED) is 0.853. The fourth-order valence-corrected chi connectivity index (χ4v) is 1.60. The van der Waals surface area contributed by atoms with Crippen molar-refractivity contribution < 1.29 is 4.74 Å². The number of aryl methyl sites for hydroxylation is 1. The number of nitrogens with one attached hydrogen (secondary N) is 1. The maximum Gasteiger partial charge on any atom is 0.124 e. The topological polar surface area (TPSA) is 21.3 Å². The first kappa shape index (κ1) is 13.3. The molecule has 0 unspecified atom stereocenters. The molecule has 3 heteroatoms. The Hall–Kier alpha value is -0.730. The highest BCUT2D eigenvalue weighted by Gasteiger charge is 2.07.